The normalized spacial score (nSPS) is 22.8. The second-order valence-corrected chi connectivity index (χ2v) is 10.6. The summed E-state index contributed by atoms with van der Waals surface area (Å²) in [7, 11) is 0. The quantitative estimate of drug-likeness (QED) is 0.630. The predicted octanol–water partition coefficient (Wildman–Crippen LogP) is 3.92. The van der Waals surface area contributed by atoms with Crippen molar-refractivity contribution in [2.45, 2.75) is 92.2 Å². The third kappa shape index (κ3) is 7.27. The molecule has 2 fully saturated rings. The van der Waals surface area contributed by atoms with E-state index in [9.17, 15) is 9.59 Å². The van der Waals surface area contributed by atoms with Crippen LogP contribution in [0.4, 0.5) is 0 Å². The minimum atomic E-state index is -0.300. The highest BCUT2D eigenvalue weighted by molar-refractivity contribution is 5.90. The minimum absolute atomic E-state index is 0.121. The smallest absolute Gasteiger partial charge is 0.245 e. The van der Waals surface area contributed by atoms with Crippen molar-refractivity contribution < 1.29 is 9.59 Å². The van der Waals surface area contributed by atoms with E-state index in [0.717, 1.165) is 57.2 Å². The van der Waals surface area contributed by atoms with Gasteiger partial charge in [-0.1, -0.05) is 54.4 Å². The first-order valence-corrected chi connectivity index (χ1v) is 12.0. The molecular weight excluding hydrogens is 362 g/mol. The summed E-state index contributed by atoms with van der Waals surface area (Å²) in [6.07, 6.45) is 6.37. The summed E-state index contributed by atoms with van der Waals surface area (Å²) in [5.41, 5.74) is 0. The van der Waals surface area contributed by atoms with Gasteiger partial charge in [0, 0.05) is 26.2 Å². The van der Waals surface area contributed by atoms with Gasteiger partial charge in [0.25, 0.3) is 0 Å². The van der Waals surface area contributed by atoms with Crippen LogP contribution in [0.2, 0.25) is 0 Å². The molecule has 1 unspecified atom stereocenters. The van der Waals surface area contributed by atoms with Gasteiger partial charge in [0.2, 0.25) is 11.8 Å². The van der Waals surface area contributed by atoms with Crippen LogP contribution >= 0.6 is 0 Å². The molecule has 0 aromatic carbocycles. The van der Waals surface area contributed by atoms with E-state index in [1.807, 2.05) is 9.80 Å². The first-order valence-electron chi connectivity index (χ1n) is 12.0. The number of carbonyl (C=O) groups is 2. The van der Waals surface area contributed by atoms with Crippen LogP contribution in [0.5, 0.6) is 0 Å². The summed E-state index contributed by atoms with van der Waals surface area (Å²) >= 11 is 0. The largest absolute Gasteiger partial charge is 0.341 e. The molecule has 2 aliphatic heterocycles. The highest BCUT2D eigenvalue weighted by atomic mass is 16.2. The molecule has 29 heavy (non-hydrogen) atoms. The third-order valence-corrected chi connectivity index (χ3v) is 6.47. The SMILES string of the molecule is CC(C)CCC1CCN(C(=O)C(CC(C)C)N2CCN[C@@H](CC(C)C)C2=O)CC1. The lowest BCUT2D eigenvalue weighted by atomic mass is 9.89. The van der Waals surface area contributed by atoms with E-state index in [1.165, 1.54) is 12.8 Å². The van der Waals surface area contributed by atoms with Crippen LogP contribution in [0, 0.1) is 23.7 Å². The average molecular weight is 408 g/mol. The molecular formula is C24H45N3O2. The number of piperazine rings is 1. The van der Waals surface area contributed by atoms with Crippen LogP contribution in [0.15, 0.2) is 0 Å². The zero-order chi connectivity index (χ0) is 21.6. The molecule has 2 amide bonds. The number of carbonyl (C=O) groups excluding carboxylic acids is 2. The molecule has 0 bridgehead atoms. The Kier molecular flexibility index (Phi) is 9.45. The van der Waals surface area contributed by atoms with Crippen molar-refractivity contribution in [3.8, 4) is 0 Å². The lowest BCUT2D eigenvalue weighted by Gasteiger charge is -2.42. The maximum absolute atomic E-state index is 13.5. The number of nitrogens with zero attached hydrogens (tertiary/aromatic N) is 2. The van der Waals surface area contributed by atoms with Gasteiger partial charge in [0.15, 0.2) is 0 Å². The number of amides is 2. The lowest BCUT2D eigenvalue weighted by Crippen LogP contribution is -2.62. The van der Waals surface area contributed by atoms with Gasteiger partial charge in [0.05, 0.1) is 6.04 Å². The van der Waals surface area contributed by atoms with Crippen molar-refractivity contribution >= 4 is 11.8 Å². The van der Waals surface area contributed by atoms with Crippen LogP contribution in [0.1, 0.15) is 80.1 Å². The number of hydrogen-bond acceptors (Lipinski definition) is 3. The van der Waals surface area contributed by atoms with Gasteiger partial charge in [-0.2, -0.15) is 0 Å². The first-order chi connectivity index (χ1) is 13.7. The Balaban J connectivity index is 2.02. The second kappa shape index (κ2) is 11.3. The lowest BCUT2D eigenvalue weighted by molar-refractivity contribution is -0.150. The van der Waals surface area contributed by atoms with Crippen molar-refractivity contribution in [1.82, 2.24) is 15.1 Å². The van der Waals surface area contributed by atoms with Crippen LogP contribution in [-0.2, 0) is 9.59 Å². The van der Waals surface area contributed by atoms with Gasteiger partial charge >= 0.3 is 0 Å². The fourth-order valence-corrected chi connectivity index (χ4v) is 4.75. The number of hydrogen-bond donors (Lipinski definition) is 1. The van der Waals surface area contributed by atoms with Gasteiger partial charge < -0.3 is 15.1 Å². The van der Waals surface area contributed by atoms with E-state index in [0.29, 0.717) is 18.4 Å². The van der Waals surface area contributed by atoms with Crippen molar-refractivity contribution in [2.24, 2.45) is 23.7 Å². The number of nitrogens with one attached hydrogen (secondary N) is 1. The standard InChI is InChI=1S/C24H45N3O2/c1-17(2)7-8-20-9-12-26(13-10-20)24(29)22(16-19(5)6)27-14-11-25-21(23(27)28)15-18(3)4/h17-22,25H,7-16H2,1-6H3/t21-,22?/m0/s1. The summed E-state index contributed by atoms with van der Waals surface area (Å²) in [6.45, 7) is 16.3. The van der Waals surface area contributed by atoms with E-state index < -0.39 is 0 Å². The molecule has 0 aliphatic carbocycles. The van der Waals surface area contributed by atoms with E-state index >= 15 is 0 Å². The molecule has 0 spiro atoms. The molecule has 2 atom stereocenters. The molecule has 2 saturated heterocycles. The van der Waals surface area contributed by atoms with E-state index in [-0.39, 0.29) is 23.9 Å². The zero-order valence-corrected chi connectivity index (χ0v) is 19.7. The topological polar surface area (TPSA) is 52.7 Å². The summed E-state index contributed by atoms with van der Waals surface area (Å²) in [6, 6.07) is -0.445. The average Bonchev–Trinajstić information content (AvgIpc) is 2.66. The first kappa shape index (κ1) is 24.2. The van der Waals surface area contributed by atoms with E-state index in [2.05, 4.69) is 46.9 Å². The molecule has 2 heterocycles. The summed E-state index contributed by atoms with van der Waals surface area (Å²) < 4.78 is 0. The Morgan fingerprint density at radius 3 is 2.21 bits per heavy atom. The van der Waals surface area contributed by atoms with Gasteiger partial charge in [-0.15, -0.1) is 0 Å². The molecule has 0 aromatic heterocycles. The fraction of sp³-hybridized carbons (Fsp3) is 0.917. The number of likely N-dealkylation sites (tertiary alicyclic amines) is 1. The molecule has 2 aliphatic rings. The van der Waals surface area contributed by atoms with Gasteiger partial charge in [-0.05, 0) is 49.4 Å². The highest BCUT2D eigenvalue weighted by Gasteiger charge is 2.39. The molecule has 5 heteroatoms. The highest BCUT2D eigenvalue weighted by Crippen LogP contribution is 2.26. The molecule has 168 valence electrons. The summed E-state index contributed by atoms with van der Waals surface area (Å²) in [4.78, 5) is 30.6. The molecule has 5 nitrogen and oxygen atoms in total. The molecule has 0 saturated carbocycles. The summed E-state index contributed by atoms with van der Waals surface area (Å²) in [5.74, 6) is 2.65. The second-order valence-electron chi connectivity index (χ2n) is 10.6. The van der Waals surface area contributed by atoms with Crippen molar-refractivity contribution in [3.63, 3.8) is 0 Å². The predicted molar refractivity (Wildman–Crippen MR) is 120 cm³/mol. The van der Waals surface area contributed by atoms with Gasteiger partial charge in [-0.3, -0.25) is 9.59 Å². The van der Waals surface area contributed by atoms with E-state index in [1.54, 1.807) is 0 Å². The van der Waals surface area contributed by atoms with Crippen LogP contribution < -0.4 is 5.32 Å². The molecule has 0 aromatic rings. The maximum atomic E-state index is 13.5. The van der Waals surface area contributed by atoms with Crippen LogP contribution in [0.25, 0.3) is 0 Å². The Bertz CT molecular complexity index is 524. The van der Waals surface area contributed by atoms with Gasteiger partial charge in [0.1, 0.15) is 6.04 Å². The Hall–Kier alpha value is -1.10. The number of rotatable bonds is 9. The Morgan fingerprint density at radius 2 is 1.66 bits per heavy atom. The third-order valence-electron chi connectivity index (χ3n) is 6.47. The van der Waals surface area contributed by atoms with Crippen molar-refractivity contribution in [2.75, 3.05) is 26.2 Å². The van der Waals surface area contributed by atoms with Crippen molar-refractivity contribution in [1.29, 1.82) is 0 Å². The Morgan fingerprint density at radius 1 is 1.00 bits per heavy atom. The number of piperidine rings is 1. The molecule has 2 rings (SSSR count). The Labute approximate surface area is 179 Å². The summed E-state index contributed by atoms with van der Waals surface area (Å²) in [5, 5.41) is 3.37. The molecule has 1 N–H and O–H groups in total. The van der Waals surface area contributed by atoms with Gasteiger partial charge in [-0.25, -0.2) is 0 Å². The maximum Gasteiger partial charge on any atom is 0.245 e. The zero-order valence-electron chi connectivity index (χ0n) is 19.7. The van der Waals surface area contributed by atoms with E-state index in [4.69, 9.17) is 0 Å². The fourth-order valence-electron chi connectivity index (χ4n) is 4.75. The van der Waals surface area contributed by atoms with Crippen LogP contribution in [-0.4, -0.2) is 59.9 Å². The monoisotopic (exact) mass is 407 g/mol. The van der Waals surface area contributed by atoms with Crippen LogP contribution in [0.3, 0.4) is 0 Å². The minimum Gasteiger partial charge on any atom is -0.341 e. The van der Waals surface area contributed by atoms with Crippen molar-refractivity contribution in [3.05, 3.63) is 0 Å². The molecule has 0 radical (unpaired) electrons.